The maximum absolute atomic E-state index is 11.6. The number of hydrogen-bond donors (Lipinski definition) is 2. The van der Waals surface area contributed by atoms with Gasteiger partial charge in [0.15, 0.2) is 0 Å². The van der Waals surface area contributed by atoms with Gasteiger partial charge >= 0.3 is 0 Å². The third-order valence-corrected chi connectivity index (χ3v) is 3.37. The molecule has 1 amide bonds. The van der Waals surface area contributed by atoms with Gasteiger partial charge in [-0.1, -0.05) is 26.0 Å². The molecule has 0 bridgehead atoms. The Hall–Kier alpha value is -1.55. The molecule has 0 saturated carbocycles. The van der Waals surface area contributed by atoms with Crippen molar-refractivity contribution in [2.24, 2.45) is 11.8 Å². The number of ether oxygens (including phenoxy) is 1. The molecule has 2 N–H and O–H groups in total. The van der Waals surface area contributed by atoms with Crippen LogP contribution in [0.5, 0.6) is 5.75 Å². The molecule has 0 atom stereocenters. The van der Waals surface area contributed by atoms with E-state index in [0.717, 1.165) is 31.9 Å². The summed E-state index contributed by atoms with van der Waals surface area (Å²) in [6.07, 6.45) is 0.857. The molecular weight excluding hydrogens is 252 g/mol. The van der Waals surface area contributed by atoms with Crippen molar-refractivity contribution < 1.29 is 9.53 Å². The van der Waals surface area contributed by atoms with E-state index in [2.05, 4.69) is 36.6 Å². The second kappa shape index (κ2) is 7.29. The predicted octanol–water partition coefficient (Wildman–Crippen LogP) is 1.60. The van der Waals surface area contributed by atoms with Crippen LogP contribution >= 0.6 is 0 Å². The molecule has 1 fully saturated rings. The van der Waals surface area contributed by atoms with Crippen molar-refractivity contribution in [3.8, 4) is 5.75 Å². The van der Waals surface area contributed by atoms with Crippen LogP contribution in [0.4, 0.5) is 0 Å². The van der Waals surface area contributed by atoms with Gasteiger partial charge in [-0.05, 0) is 30.0 Å². The minimum absolute atomic E-state index is 0.167. The Morgan fingerprint density at radius 2 is 2.05 bits per heavy atom. The van der Waals surface area contributed by atoms with Crippen molar-refractivity contribution in [2.45, 2.75) is 20.3 Å². The van der Waals surface area contributed by atoms with Gasteiger partial charge in [0.2, 0.25) is 5.91 Å². The molecule has 2 rings (SSSR count). The molecule has 1 aromatic carbocycles. The summed E-state index contributed by atoms with van der Waals surface area (Å²) in [5.41, 5.74) is 1.22. The highest BCUT2D eigenvalue weighted by Gasteiger charge is 2.23. The maximum Gasteiger partial charge on any atom is 0.225 e. The van der Waals surface area contributed by atoms with Crippen molar-refractivity contribution in [3.05, 3.63) is 29.8 Å². The monoisotopic (exact) mass is 276 g/mol. The van der Waals surface area contributed by atoms with Crippen LogP contribution in [0.25, 0.3) is 0 Å². The lowest BCUT2D eigenvalue weighted by atomic mass is 10.0. The molecule has 1 saturated heterocycles. The van der Waals surface area contributed by atoms with Gasteiger partial charge in [0.1, 0.15) is 5.75 Å². The van der Waals surface area contributed by atoms with E-state index in [1.165, 1.54) is 5.56 Å². The maximum atomic E-state index is 11.6. The molecule has 1 aliphatic heterocycles. The van der Waals surface area contributed by atoms with E-state index in [1.54, 1.807) is 0 Å². The van der Waals surface area contributed by atoms with Crippen LogP contribution in [-0.2, 0) is 11.2 Å². The van der Waals surface area contributed by atoms with Crippen LogP contribution in [-0.4, -0.2) is 32.1 Å². The van der Waals surface area contributed by atoms with Gasteiger partial charge in [-0.2, -0.15) is 0 Å². The first kappa shape index (κ1) is 14.9. The van der Waals surface area contributed by atoms with Gasteiger partial charge in [-0.15, -0.1) is 0 Å². The number of amides is 1. The van der Waals surface area contributed by atoms with E-state index in [-0.39, 0.29) is 11.8 Å². The molecule has 0 spiro atoms. The lowest BCUT2D eigenvalue weighted by Crippen LogP contribution is -2.51. The van der Waals surface area contributed by atoms with Gasteiger partial charge < -0.3 is 15.4 Å². The Kier molecular flexibility index (Phi) is 5.41. The number of hydrogen-bond acceptors (Lipinski definition) is 3. The van der Waals surface area contributed by atoms with Crippen LogP contribution in [0.15, 0.2) is 24.3 Å². The number of carbonyl (C=O) groups excluding carboxylic acids is 1. The molecule has 4 nitrogen and oxygen atoms in total. The first-order chi connectivity index (χ1) is 9.65. The molecule has 0 aliphatic carbocycles. The molecule has 1 aromatic rings. The predicted molar refractivity (Wildman–Crippen MR) is 79.8 cm³/mol. The summed E-state index contributed by atoms with van der Waals surface area (Å²) in [5.74, 6) is 1.78. The Morgan fingerprint density at radius 3 is 2.60 bits per heavy atom. The van der Waals surface area contributed by atoms with Crippen molar-refractivity contribution in [1.82, 2.24) is 10.6 Å². The van der Waals surface area contributed by atoms with E-state index in [9.17, 15) is 4.79 Å². The quantitative estimate of drug-likeness (QED) is 0.795. The molecule has 1 aliphatic rings. The lowest BCUT2D eigenvalue weighted by Gasteiger charge is -2.25. The fraction of sp³-hybridized carbons (Fsp3) is 0.562. The molecule has 0 aromatic heterocycles. The van der Waals surface area contributed by atoms with Crippen molar-refractivity contribution >= 4 is 5.91 Å². The average molecular weight is 276 g/mol. The van der Waals surface area contributed by atoms with Gasteiger partial charge in [0, 0.05) is 19.6 Å². The largest absolute Gasteiger partial charge is 0.493 e. The van der Waals surface area contributed by atoms with E-state index < -0.39 is 0 Å². The zero-order valence-electron chi connectivity index (χ0n) is 12.3. The average Bonchev–Trinajstić information content (AvgIpc) is 2.35. The van der Waals surface area contributed by atoms with E-state index in [4.69, 9.17) is 4.74 Å². The van der Waals surface area contributed by atoms with Gasteiger partial charge in [-0.3, -0.25) is 4.79 Å². The summed E-state index contributed by atoms with van der Waals surface area (Å²) in [4.78, 5) is 11.6. The van der Waals surface area contributed by atoms with Gasteiger partial charge in [0.25, 0.3) is 0 Å². The van der Waals surface area contributed by atoms with Crippen molar-refractivity contribution in [3.63, 3.8) is 0 Å². The SMILES string of the molecule is CC(C)COc1ccc(CCNC(=O)C2CNC2)cc1. The first-order valence-corrected chi connectivity index (χ1v) is 7.35. The summed E-state index contributed by atoms with van der Waals surface area (Å²) in [7, 11) is 0. The third kappa shape index (κ3) is 4.53. The van der Waals surface area contributed by atoms with Gasteiger partial charge in [0.05, 0.1) is 12.5 Å². The Labute approximate surface area is 120 Å². The fourth-order valence-electron chi connectivity index (χ4n) is 1.96. The topological polar surface area (TPSA) is 50.4 Å². The van der Waals surface area contributed by atoms with Crippen LogP contribution in [0.3, 0.4) is 0 Å². The van der Waals surface area contributed by atoms with Crippen LogP contribution in [0.1, 0.15) is 19.4 Å². The Morgan fingerprint density at radius 1 is 1.35 bits per heavy atom. The van der Waals surface area contributed by atoms with E-state index in [0.29, 0.717) is 12.5 Å². The van der Waals surface area contributed by atoms with Crippen LogP contribution < -0.4 is 15.4 Å². The molecule has 20 heavy (non-hydrogen) atoms. The smallest absolute Gasteiger partial charge is 0.225 e. The van der Waals surface area contributed by atoms with Crippen LogP contribution in [0.2, 0.25) is 0 Å². The zero-order valence-corrected chi connectivity index (χ0v) is 12.3. The Balaban J connectivity index is 1.69. The Bertz CT molecular complexity index is 425. The highest BCUT2D eigenvalue weighted by molar-refractivity contribution is 5.79. The molecule has 1 heterocycles. The second-order valence-corrected chi connectivity index (χ2v) is 5.75. The summed E-state index contributed by atoms with van der Waals surface area (Å²) in [6.45, 7) is 7.33. The summed E-state index contributed by atoms with van der Waals surface area (Å²) < 4.78 is 5.64. The highest BCUT2D eigenvalue weighted by atomic mass is 16.5. The second-order valence-electron chi connectivity index (χ2n) is 5.75. The van der Waals surface area contributed by atoms with E-state index in [1.807, 2.05) is 12.1 Å². The third-order valence-electron chi connectivity index (χ3n) is 3.37. The van der Waals surface area contributed by atoms with Crippen molar-refractivity contribution in [1.29, 1.82) is 0 Å². The normalized spacial score (nSPS) is 14.9. The summed E-state index contributed by atoms with van der Waals surface area (Å²) in [6, 6.07) is 8.12. The zero-order chi connectivity index (χ0) is 14.4. The number of benzene rings is 1. The van der Waals surface area contributed by atoms with Crippen LogP contribution in [0, 0.1) is 11.8 Å². The molecule has 0 unspecified atom stereocenters. The van der Waals surface area contributed by atoms with Gasteiger partial charge in [-0.25, -0.2) is 0 Å². The fourth-order valence-corrected chi connectivity index (χ4v) is 1.96. The summed E-state index contributed by atoms with van der Waals surface area (Å²) in [5, 5.41) is 6.08. The highest BCUT2D eigenvalue weighted by Crippen LogP contribution is 2.13. The number of nitrogens with one attached hydrogen (secondary N) is 2. The minimum atomic E-state index is 0.167. The molecule has 110 valence electrons. The molecular formula is C16H24N2O2. The van der Waals surface area contributed by atoms with Crippen molar-refractivity contribution in [2.75, 3.05) is 26.2 Å². The first-order valence-electron chi connectivity index (χ1n) is 7.35. The number of carbonyl (C=O) groups is 1. The molecule has 4 heteroatoms. The lowest BCUT2D eigenvalue weighted by molar-refractivity contribution is -0.126. The molecule has 0 radical (unpaired) electrons. The van der Waals surface area contributed by atoms with E-state index >= 15 is 0 Å². The minimum Gasteiger partial charge on any atom is -0.493 e. The standard InChI is InChI=1S/C16H24N2O2/c1-12(2)11-20-15-5-3-13(4-6-15)7-8-18-16(19)14-9-17-10-14/h3-6,12,14,17H,7-11H2,1-2H3,(H,18,19). The summed E-state index contributed by atoms with van der Waals surface area (Å²) >= 11 is 0. The number of rotatable bonds is 7.